The minimum atomic E-state index is 0.741. The molecule has 0 fully saturated rings. The Morgan fingerprint density at radius 3 is 3.18 bits per heavy atom. The van der Waals surface area contributed by atoms with Gasteiger partial charge in [0.25, 0.3) is 0 Å². The molecule has 0 aliphatic carbocycles. The van der Waals surface area contributed by atoms with Crippen molar-refractivity contribution in [3.63, 3.8) is 0 Å². The van der Waals surface area contributed by atoms with Crippen LogP contribution in [0.15, 0.2) is 29.4 Å². The van der Waals surface area contributed by atoms with Crippen molar-refractivity contribution in [3.05, 3.63) is 29.8 Å². The lowest BCUT2D eigenvalue weighted by Gasteiger charge is -2.00. The van der Waals surface area contributed by atoms with Gasteiger partial charge in [0.05, 0.1) is 6.21 Å². The summed E-state index contributed by atoms with van der Waals surface area (Å²) >= 11 is 0. The molecule has 0 aromatic heterocycles. The van der Waals surface area contributed by atoms with E-state index in [0.29, 0.717) is 0 Å². The highest BCUT2D eigenvalue weighted by Crippen LogP contribution is 2.19. The molecule has 0 N–H and O–H groups in total. The molecule has 0 radical (unpaired) electrons. The fourth-order valence-corrected chi connectivity index (χ4v) is 0.981. The van der Waals surface area contributed by atoms with Crippen LogP contribution in [-0.2, 0) is 11.4 Å². The quantitative estimate of drug-likeness (QED) is 0.524. The molecular weight excluding hydrogens is 142 g/mol. The smallest absolute Gasteiger partial charge is 0.184 e. The molecule has 1 aliphatic heterocycles. The predicted molar refractivity (Wildman–Crippen MR) is 40.4 cm³/mol. The third kappa shape index (κ3) is 1.17. The van der Waals surface area contributed by atoms with Crippen LogP contribution in [0.4, 0.5) is 0 Å². The van der Waals surface area contributed by atoms with E-state index in [1.54, 1.807) is 6.21 Å². The first-order valence-electron chi connectivity index (χ1n) is 3.40. The molecule has 1 aromatic carbocycles. The zero-order chi connectivity index (χ0) is 7.52. The number of benzene rings is 1. The van der Waals surface area contributed by atoms with Gasteiger partial charge >= 0.3 is 0 Å². The highest BCUT2D eigenvalue weighted by molar-refractivity contribution is 5.62. The van der Waals surface area contributed by atoms with Crippen LogP contribution in [-0.4, -0.2) is 6.21 Å². The van der Waals surface area contributed by atoms with E-state index >= 15 is 0 Å². The van der Waals surface area contributed by atoms with Crippen LogP contribution >= 0.6 is 0 Å². The average Bonchev–Trinajstić information content (AvgIpc) is 2.28. The van der Waals surface area contributed by atoms with Crippen molar-refractivity contribution in [2.24, 2.45) is 5.16 Å². The number of rotatable bonds is 0. The molecule has 0 atom stereocenters. The molecule has 3 heteroatoms. The first kappa shape index (κ1) is 6.22. The Hall–Kier alpha value is -1.51. The summed E-state index contributed by atoms with van der Waals surface area (Å²) in [7, 11) is 0. The zero-order valence-electron chi connectivity index (χ0n) is 5.86. The second-order valence-electron chi connectivity index (χ2n) is 2.26. The highest BCUT2D eigenvalue weighted by Gasteiger charge is 2.04. The number of fused-ring (bicyclic) bond motifs is 1. The van der Waals surface area contributed by atoms with Gasteiger partial charge in [-0.15, -0.1) is 0 Å². The molecule has 0 saturated carbocycles. The lowest BCUT2D eigenvalue weighted by molar-refractivity contribution is -0.205. The van der Waals surface area contributed by atoms with Crippen LogP contribution < -0.4 is 4.89 Å². The van der Waals surface area contributed by atoms with E-state index in [0.717, 1.165) is 17.7 Å². The lowest BCUT2D eigenvalue weighted by atomic mass is 10.1. The molecule has 56 valence electrons. The molecule has 0 unspecified atom stereocenters. The fraction of sp³-hybridized carbons (Fsp3) is 0.125. The summed E-state index contributed by atoms with van der Waals surface area (Å²) in [6, 6.07) is 7.69. The molecule has 1 aliphatic rings. The van der Waals surface area contributed by atoms with Gasteiger partial charge in [-0.1, -0.05) is 18.2 Å². The maximum absolute atomic E-state index is 4.85. The van der Waals surface area contributed by atoms with Crippen molar-refractivity contribution in [2.45, 2.75) is 6.42 Å². The predicted octanol–water partition coefficient (Wildman–Crippen LogP) is 1.54. The van der Waals surface area contributed by atoms with Crippen LogP contribution in [0.5, 0.6) is 5.75 Å². The van der Waals surface area contributed by atoms with Gasteiger partial charge in [0, 0.05) is 12.0 Å². The van der Waals surface area contributed by atoms with Crippen molar-refractivity contribution >= 4 is 6.21 Å². The Balaban J connectivity index is 2.40. The molecule has 0 saturated heterocycles. The summed E-state index contributed by atoms with van der Waals surface area (Å²) in [6.07, 6.45) is 2.43. The summed E-state index contributed by atoms with van der Waals surface area (Å²) in [5.41, 5.74) is 1.09. The van der Waals surface area contributed by atoms with Gasteiger partial charge in [-0.2, -0.15) is 4.99 Å². The van der Waals surface area contributed by atoms with Gasteiger partial charge < -0.3 is 0 Å². The van der Waals surface area contributed by atoms with E-state index in [-0.39, 0.29) is 0 Å². The van der Waals surface area contributed by atoms with Crippen LogP contribution in [0.1, 0.15) is 5.56 Å². The van der Waals surface area contributed by atoms with E-state index in [1.165, 1.54) is 0 Å². The lowest BCUT2D eigenvalue weighted by Crippen LogP contribution is -1.90. The number of nitrogens with zero attached hydrogens (tertiary/aromatic N) is 1. The summed E-state index contributed by atoms with van der Waals surface area (Å²) in [5.74, 6) is 0.741. The van der Waals surface area contributed by atoms with E-state index < -0.39 is 0 Å². The second-order valence-corrected chi connectivity index (χ2v) is 2.26. The van der Waals surface area contributed by atoms with E-state index in [1.807, 2.05) is 24.3 Å². The largest absolute Gasteiger partial charge is 0.267 e. The maximum atomic E-state index is 4.85. The Labute approximate surface area is 64.2 Å². The highest BCUT2D eigenvalue weighted by atomic mass is 17.3. The first-order chi connectivity index (χ1) is 5.47. The molecule has 11 heavy (non-hydrogen) atoms. The summed E-state index contributed by atoms with van der Waals surface area (Å²) in [6.45, 7) is 0. The van der Waals surface area contributed by atoms with Crippen LogP contribution in [0.25, 0.3) is 0 Å². The number of oxime groups is 1. The van der Waals surface area contributed by atoms with Crippen molar-refractivity contribution in [3.8, 4) is 5.75 Å². The topological polar surface area (TPSA) is 30.8 Å². The fourth-order valence-electron chi connectivity index (χ4n) is 0.981. The molecule has 2 rings (SSSR count). The number of para-hydroxylation sites is 1. The molecule has 0 bridgehead atoms. The Morgan fingerprint density at radius 2 is 2.18 bits per heavy atom. The normalized spacial score (nSPS) is 14.2. The molecule has 3 nitrogen and oxygen atoms in total. The van der Waals surface area contributed by atoms with Gasteiger partial charge in [-0.25, -0.2) is 0 Å². The Kier molecular flexibility index (Phi) is 1.48. The Bertz CT molecular complexity index is 283. The SMILES string of the molecule is C1=NOOc2ccccc2C1. The second kappa shape index (κ2) is 2.62. The van der Waals surface area contributed by atoms with Gasteiger partial charge in [0.1, 0.15) is 0 Å². The first-order valence-corrected chi connectivity index (χ1v) is 3.40. The number of hydrogen-bond acceptors (Lipinski definition) is 3. The Morgan fingerprint density at radius 1 is 1.27 bits per heavy atom. The molecule has 0 spiro atoms. The van der Waals surface area contributed by atoms with E-state index in [2.05, 4.69) is 10.1 Å². The van der Waals surface area contributed by atoms with Gasteiger partial charge in [-0.3, -0.25) is 4.89 Å². The number of hydrogen-bond donors (Lipinski definition) is 0. The molecule has 0 amide bonds. The van der Waals surface area contributed by atoms with Crippen LogP contribution in [0.2, 0.25) is 0 Å². The standard InChI is InChI=1S/C8H7NO2/c1-2-4-8-7(3-1)5-6-9-11-10-8/h1-4,6H,5H2. The van der Waals surface area contributed by atoms with Gasteiger partial charge in [0.15, 0.2) is 5.75 Å². The average molecular weight is 149 g/mol. The van der Waals surface area contributed by atoms with Crippen molar-refractivity contribution in [1.29, 1.82) is 0 Å². The van der Waals surface area contributed by atoms with Crippen molar-refractivity contribution in [2.75, 3.05) is 0 Å². The van der Waals surface area contributed by atoms with Gasteiger partial charge in [0.2, 0.25) is 0 Å². The summed E-state index contributed by atoms with van der Waals surface area (Å²) in [5, 5.41) is 3.54. The van der Waals surface area contributed by atoms with Crippen molar-refractivity contribution < 1.29 is 9.88 Å². The zero-order valence-corrected chi connectivity index (χ0v) is 5.86. The minimum absolute atomic E-state index is 0.741. The minimum Gasteiger partial charge on any atom is -0.267 e. The summed E-state index contributed by atoms with van der Waals surface area (Å²) < 4.78 is 0. The van der Waals surface area contributed by atoms with Crippen LogP contribution in [0.3, 0.4) is 0 Å². The third-order valence-corrected chi connectivity index (χ3v) is 1.53. The molecular formula is C8H7NO2. The monoisotopic (exact) mass is 149 g/mol. The van der Waals surface area contributed by atoms with E-state index in [4.69, 9.17) is 4.89 Å². The maximum Gasteiger partial charge on any atom is 0.184 e. The van der Waals surface area contributed by atoms with E-state index in [9.17, 15) is 0 Å². The summed E-state index contributed by atoms with van der Waals surface area (Å²) in [4.78, 5) is 9.34. The third-order valence-electron chi connectivity index (χ3n) is 1.53. The van der Waals surface area contributed by atoms with Crippen molar-refractivity contribution in [1.82, 2.24) is 0 Å². The van der Waals surface area contributed by atoms with Gasteiger partial charge in [-0.05, 0) is 11.2 Å². The molecule has 1 heterocycles. The molecule has 1 aromatic rings. The van der Waals surface area contributed by atoms with Crippen LogP contribution in [0, 0.1) is 0 Å².